The molecule has 0 radical (unpaired) electrons. The number of amides is 3. The predicted octanol–water partition coefficient (Wildman–Crippen LogP) is 6.38. The zero-order valence-corrected chi connectivity index (χ0v) is 20.1. The Balaban J connectivity index is 1.60. The molecule has 1 aliphatic rings. The number of halogens is 2. The van der Waals surface area contributed by atoms with E-state index in [1.807, 2.05) is 38.1 Å². The number of aryl methyl sites for hydroxylation is 1. The Morgan fingerprint density at radius 2 is 1.76 bits per heavy atom. The number of urea groups is 1. The molecule has 1 aliphatic heterocycles. The van der Waals surface area contributed by atoms with E-state index in [0.29, 0.717) is 46.0 Å². The van der Waals surface area contributed by atoms with E-state index in [9.17, 15) is 9.59 Å². The Morgan fingerprint density at radius 3 is 2.47 bits per heavy atom. The highest BCUT2D eigenvalue weighted by Crippen LogP contribution is 2.38. The first-order chi connectivity index (χ1) is 16.4. The molecule has 0 aliphatic carbocycles. The second-order valence-electron chi connectivity index (χ2n) is 7.65. The lowest BCUT2D eigenvalue weighted by Crippen LogP contribution is -2.30. The highest BCUT2D eigenvalue weighted by Gasteiger charge is 2.34. The molecule has 3 aromatic rings. The van der Waals surface area contributed by atoms with Crippen molar-refractivity contribution >= 4 is 46.9 Å². The summed E-state index contributed by atoms with van der Waals surface area (Å²) in [6, 6.07) is 17.3. The van der Waals surface area contributed by atoms with Gasteiger partial charge in [-0.25, -0.2) is 9.69 Å². The molecule has 174 valence electrons. The topological polar surface area (TPSA) is 67.9 Å². The van der Waals surface area contributed by atoms with Gasteiger partial charge in [0, 0.05) is 5.02 Å². The molecule has 0 saturated carbocycles. The minimum Gasteiger partial charge on any atom is -0.490 e. The van der Waals surface area contributed by atoms with Crippen LogP contribution in [0, 0.1) is 6.92 Å². The summed E-state index contributed by atoms with van der Waals surface area (Å²) in [6.07, 6.45) is 1.55. The molecule has 1 fully saturated rings. The maximum atomic E-state index is 12.9. The van der Waals surface area contributed by atoms with Gasteiger partial charge in [-0.3, -0.25) is 4.79 Å². The molecule has 0 atom stereocenters. The predicted molar refractivity (Wildman–Crippen MR) is 134 cm³/mol. The molecule has 4 rings (SSSR count). The van der Waals surface area contributed by atoms with Gasteiger partial charge in [-0.1, -0.05) is 53.0 Å². The number of nitrogens with zero attached hydrogens (tertiary/aromatic N) is 1. The molecule has 1 heterocycles. The van der Waals surface area contributed by atoms with Gasteiger partial charge in [0.25, 0.3) is 5.91 Å². The molecule has 34 heavy (non-hydrogen) atoms. The van der Waals surface area contributed by atoms with E-state index in [-0.39, 0.29) is 5.70 Å². The van der Waals surface area contributed by atoms with Crippen molar-refractivity contribution in [1.29, 1.82) is 0 Å². The summed E-state index contributed by atoms with van der Waals surface area (Å²) in [6.45, 7) is 4.60. The van der Waals surface area contributed by atoms with Crippen LogP contribution in [0.3, 0.4) is 0 Å². The zero-order valence-electron chi connectivity index (χ0n) is 18.6. The Bertz CT molecular complexity index is 1270. The van der Waals surface area contributed by atoms with Crippen molar-refractivity contribution < 1.29 is 19.1 Å². The fraction of sp³-hybridized carbons (Fsp3) is 0.154. The normalized spacial score (nSPS) is 14.5. The van der Waals surface area contributed by atoms with E-state index in [1.54, 1.807) is 42.5 Å². The second kappa shape index (κ2) is 10.2. The minimum absolute atomic E-state index is 0.117. The SMILES string of the molecule is CCOc1cc(/C=C2/NC(=O)N(c3ccc(Cl)cc3)C2=O)cc(Cl)c1OCc1cccc(C)c1. The Labute approximate surface area is 207 Å². The van der Waals surface area contributed by atoms with Crippen LogP contribution in [0.5, 0.6) is 11.5 Å². The molecule has 3 amide bonds. The lowest BCUT2D eigenvalue weighted by atomic mass is 10.1. The van der Waals surface area contributed by atoms with Crippen LogP contribution in [0.25, 0.3) is 6.08 Å². The number of anilines is 1. The fourth-order valence-corrected chi connectivity index (χ4v) is 3.96. The lowest BCUT2D eigenvalue weighted by molar-refractivity contribution is -0.113. The van der Waals surface area contributed by atoms with Crippen molar-refractivity contribution in [2.75, 3.05) is 11.5 Å². The van der Waals surface area contributed by atoms with Gasteiger partial charge in [0.1, 0.15) is 12.3 Å². The highest BCUT2D eigenvalue weighted by molar-refractivity contribution is 6.33. The van der Waals surface area contributed by atoms with E-state index in [0.717, 1.165) is 16.0 Å². The van der Waals surface area contributed by atoms with Gasteiger partial charge in [0.2, 0.25) is 0 Å². The number of ether oxygens (including phenoxy) is 2. The average Bonchev–Trinajstić information content (AvgIpc) is 3.07. The average molecular weight is 497 g/mol. The number of carbonyl (C=O) groups is 2. The van der Waals surface area contributed by atoms with Gasteiger partial charge in [0.05, 0.1) is 17.3 Å². The molecule has 8 heteroatoms. The lowest BCUT2D eigenvalue weighted by Gasteiger charge is -2.15. The Kier molecular flexibility index (Phi) is 7.10. The van der Waals surface area contributed by atoms with Crippen molar-refractivity contribution in [2.45, 2.75) is 20.5 Å². The summed E-state index contributed by atoms with van der Waals surface area (Å²) in [5.74, 6) is 0.374. The molecular weight excluding hydrogens is 475 g/mol. The largest absolute Gasteiger partial charge is 0.490 e. The van der Waals surface area contributed by atoms with Crippen LogP contribution in [-0.2, 0) is 11.4 Å². The standard InChI is InChI=1S/C26H22Cl2N2O4/c1-3-33-23-14-18(12-21(28)24(23)34-15-17-6-4-5-16(2)11-17)13-22-25(31)30(26(32)29-22)20-9-7-19(27)8-10-20/h4-14H,3,15H2,1-2H3,(H,29,32)/b22-13+. The first-order valence-electron chi connectivity index (χ1n) is 10.6. The van der Waals surface area contributed by atoms with Crippen LogP contribution >= 0.6 is 23.2 Å². The first kappa shape index (κ1) is 23.7. The summed E-state index contributed by atoms with van der Waals surface area (Å²) >= 11 is 12.4. The molecule has 1 N–H and O–H groups in total. The smallest absolute Gasteiger partial charge is 0.333 e. The van der Waals surface area contributed by atoms with Gasteiger partial charge >= 0.3 is 6.03 Å². The van der Waals surface area contributed by atoms with Crippen molar-refractivity contribution in [3.05, 3.63) is 93.1 Å². The van der Waals surface area contributed by atoms with Gasteiger partial charge < -0.3 is 14.8 Å². The molecule has 0 bridgehead atoms. The molecule has 6 nitrogen and oxygen atoms in total. The first-order valence-corrected chi connectivity index (χ1v) is 11.4. The molecule has 0 unspecified atom stereocenters. The van der Waals surface area contributed by atoms with Crippen LogP contribution < -0.4 is 19.7 Å². The van der Waals surface area contributed by atoms with E-state index < -0.39 is 11.9 Å². The third-order valence-electron chi connectivity index (χ3n) is 5.07. The molecule has 0 aromatic heterocycles. The highest BCUT2D eigenvalue weighted by atomic mass is 35.5. The molecule has 1 saturated heterocycles. The number of imide groups is 1. The summed E-state index contributed by atoms with van der Waals surface area (Å²) in [4.78, 5) is 26.4. The van der Waals surface area contributed by atoms with E-state index >= 15 is 0 Å². The minimum atomic E-state index is -0.548. The van der Waals surface area contributed by atoms with Gasteiger partial charge in [-0.2, -0.15) is 0 Å². The van der Waals surface area contributed by atoms with E-state index in [2.05, 4.69) is 5.32 Å². The van der Waals surface area contributed by atoms with Crippen molar-refractivity contribution in [2.24, 2.45) is 0 Å². The van der Waals surface area contributed by atoms with E-state index in [4.69, 9.17) is 32.7 Å². The second-order valence-corrected chi connectivity index (χ2v) is 8.49. The van der Waals surface area contributed by atoms with Crippen molar-refractivity contribution in [1.82, 2.24) is 5.32 Å². The quantitative estimate of drug-likeness (QED) is 0.304. The summed E-state index contributed by atoms with van der Waals surface area (Å²) in [5, 5.41) is 3.44. The monoisotopic (exact) mass is 496 g/mol. The maximum absolute atomic E-state index is 12.9. The Morgan fingerprint density at radius 1 is 1.00 bits per heavy atom. The number of nitrogens with one attached hydrogen (secondary N) is 1. The van der Waals surface area contributed by atoms with Gasteiger partial charge in [-0.15, -0.1) is 0 Å². The number of rotatable bonds is 7. The third-order valence-corrected chi connectivity index (χ3v) is 5.60. The molecule has 0 spiro atoms. The van der Waals surface area contributed by atoms with Crippen LogP contribution in [0.2, 0.25) is 10.0 Å². The molecular formula is C26H22Cl2N2O4. The van der Waals surface area contributed by atoms with E-state index in [1.165, 1.54) is 0 Å². The number of benzene rings is 3. The fourth-order valence-electron chi connectivity index (χ4n) is 3.56. The third kappa shape index (κ3) is 5.19. The summed E-state index contributed by atoms with van der Waals surface area (Å²) in [7, 11) is 0. The van der Waals surface area contributed by atoms with Crippen molar-refractivity contribution in [3.63, 3.8) is 0 Å². The molecule has 3 aromatic carbocycles. The number of carbonyl (C=O) groups excluding carboxylic acids is 2. The summed E-state index contributed by atoms with van der Waals surface area (Å²) in [5.41, 5.74) is 3.26. The zero-order chi connectivity index (χ0) is 24.2. The van der Waals surface area contributed by atoms with Crippen LogP contribution in [0.1, 0.15) is 23.6 Å². The van der Waals surface area contributed by atoms with Crippen LogP contribution in [0.15, 0.2) is 66.4 Å². The maximum Gasteiger partial charge on any atom is 0.333 e. The van der Waals surface area contributed by atoms with Gasteiger partial charge in [0.15, 0.2) is 11.5 Å². The Hall–Kier alpha value is -3.48. The van der Waals surface area contributed by atoms with Gasteiger partial charge in [-0.05, 0) is 67.4 Å². The number of hydrogen-bond donors (Lipinski definition) is 1. The van der Waals surface area contributed by atoms with Crippen molar-refractivity contribution in [3.8, 4) is 11.5 Å². The van der Waals surface area contributed by atoms with Crippen LogP contribution in [0.4, 0.5) is 10.5 Å². The summed E-state index contributed by atoms with van der Waals surface area (Å²) < 4.78 is 11.7. The number of hydrogen-bond acceptors (Lipinski definition) is 4. The van der Waals surface area contributed by atoms with Crippen LogP contribution in [-0.4, -0.2) is 18.5 Å².